The molecular weight excluding hydrogens is 480 g/mol. The lowest BCUT2D eigenvalue weighted by Crippen LogP contribution is -2.30. The minimum absolute atomic E-state index is 0.00478. The van der Waals surface area contributed by atoms with Crippen molar-refractivity contribution in [3.05, 3.63) is 105 Å². The van der Waals surface area contributed by atoms with Crippen LogP contribution in [0.3, 0.4) is 0 Å². The van der Waals surface area contributed by atoms with E-state index in [0.29, 0.717) is 28.7 Å². The molecule has 1 unspecified atom stereocenters. The summed E-state index contributed by atoms with van der Waals surface area (Å²) >= 11 is 6.44. The van der Waals surface area contributed by atoms with E-state index in [-0.39, 0.29) is 12.7 Å². The van der Waals surface area contributed by atoms with Crippen molar-refractivity contribution in [2.24, 2.45) is 0 Å². The van der Waals surface area contributed by atoms with Gasteiger partial charge in [0.25, 0.3) is 0 Å². The maximum atomic E-state index is 11.6. The zero-order chi connectivity index (χ0) is 25.1. The van der Waals surface area contributed by atoms with Gasteiger partial charge in [-0.05, 0) is 47.4 Å². The Bertz CT molecular complexity index is 1360. The molecule has 36 heavy (non-hydrogen) atoms. The van der Waals surface area contributed by atoms with Crippen LogP contribution in [0.25, 0.3) is 5.57 Å². The van der Waals surface area contributed by atoms with Crippen molar-refractivity contribution < 1.29 is 28.8 Å². The van der Waals surface area contributed by atoms with Crippen LogP contribution in [0.4, 0.5) is 0 Å². The number of allylic oxidation sites excluding steroid dienone is 2. The lowest BCUT2D eigenvalue weighted by Gasteiger charge is -2.32. The summed E-state index contributed by atoms with van der Waals surface area (Å²) in [6.45, 7) is 2.61. The second-order valence-corrected chi connectivity index (χ2v) is 8.95. The van der Waals surface area contributed by atoms with Crippen LogP contribution in [0, 0.1) is 6.92 Å². The number of carbonyl (C=O) groups excluding carboxylic acids is 1. The molecule has 7 heteroatoms. The van der Waals surface area contributed by atoms with Gasteiger partial charge in [-0.1, -0.05) is 54.1 Å². The number of rotatable bonds is 9. The lowest BCUT2D eigenvalue weighted by molar-refractivity contribution is -0.375. The molecule has 1 aliphatic carbocycles. The topological polar surface area (TPSA) is 63.2 Å². The Balaban J connectivity index is 1.34. The molecule has 184 valence electrons. The second kappa shape index (κ2) is 10.5. The minimum atomic E-state index is -0.00478. The number of hydrogen-bond donors (Lipinski definition) is 0. The van der Waals surface area contributed by atoms with Crippen molar-refractivity contribution in [2.75, 3.05) is 7.11 Å². The number of fused-ring (bicyclic) bond motifs is 1. The van der Waals surface area contributed by atoms with Crippen molar-refractivity contribution in [3.8, 4) is 17.2 Å². The van der Waals surface area contributed by atoms with E-state index in [1.54, 1.807) is 19.2 Å². The number of benzene rings is 3. The van der Waals surface area contributed by atoms with Gasteiger partial charge in [0.2, 0.25) is 0 Å². The van der Waals surface area contributed by atoms with E-state index < -0.39 is 0 Å². The molecule has 6 nitrogen and oxygen atoms in total. The molecule has 1 fully saturated rings. The summed E-state index contributed by atoms with van der Waals surface area (Å²) in [5, 5.41) is 0.336. The molecule has 0 bridgehead atoms. The van der Waals surface area contributed by atoms with Crippen LogP contribution in [-0.2, 0) is 23.0 Å². The first-order valence-corrected chi connectivity index (χ1v) is 12.0. The van der Waals surface area contributed by atoms with E-state index >= 15 is 0 Å². The summed E-state index contributed by atoms with van der Waals surface area (Å²) in [6.07, 6.45) is 5.70. The van der Waals surface area contributed by atoms with Crippen LogP contribution in [0.5, 0.6) is 17.2 Å². The van der Waals surface area contributed by atoms with Crippen LogP contribution in [0.1, 0.15) is 39.0 Å². The molecule has 2 aliphatic rings. The quantitative estimate of drug-likeness (QED) is 0.241. The van der Waals surface area contributed by atoms with Crippen molar-refractivity contribution in [3.63, 3.8) is 0 Å². The van der Waals surface area contributed by atoms with Crippen LogP contribution < -0.4 is 14.2 Å². The first kappa shape index (κ1) is 24.0. The third-order valence-electron chi connectivity index (χ3n) is 6.29. The highest BCUT2D eigenvalue weighted by atomic mass is 35.5. The van der Waals surface area contributed by atoms with E-state index in [1.807, 2.05) is 36.4 Å². The highest BCUT2D eigenvalue weighted by molar-refractivity contribution is 6.32. The molecule has 0 amide bonds. The van der Waals surface area contributed by atoms with E-state index in [1.165, 1.54) is 0 Å². The second-order valence-electron chi connectivity index (χ2n) is 8.54. The number of carbonyl (C=O) groups is 1. The maximum Gasteiger partial charge on any atom is 0.183 e. The first-order valence-electron chi connectivity index (χ1n) is 11.6. The largest absolute Gasteiger partial charge is 0.497 e. The Morgan fingerprint density at radius 1 is 1.06 bits per heavy atom. The van der Waals surface area contributed by atoms with Gasteiger partial charge in [0.05, 0.1) is 17.7 Å². The van der Waals surface area contributed by atoms with Gasteiger partial charge in [-0.3, -0.25) is 4.79 Å². The molecule has 0 N–H and O–H groups in total. The molecule has 1 atom stereocenters. The van der Waals surface area contributed by atoms with Gasteiger partial charge in [-0.2, -0.15) is 4.89 Å². The predicted molar refractivity (Wildman–Crippen MR) is 136 cm³/mol. The van der Waals surface area contributed by atoms with E-state index in [0.717, 1.165) is 52.0 Å². The molecule has 1 saturated heterocycles. The minimum Gasteiger partial charge on any atom is -0.497 e. The Hall–Kier alpha value is -3.74. The van der Waals surface area contributed by atoms with Crippen LogP contribution in [-0.4, -0.2) is 19.5 Å². The van der Waals surface area contributed by atoms with E-state index in [9.17, 15) is 4.79 Å². The fraction of sp³-hybridized carbons (Fsp3) is 0.207. The molecule has 0 aromatic heterocycles. The van der Waals surface area contributed by atoms with Crippen LogP contribution in [0.2, 0.25) is 5.02 Å². The zero-order valence-electron chi connectivity index (χ0n) is 20.0. The van der Waals surface area contributed by atoms with E-state index in [2.05, 4.69) is 25.1 Å². The molecule has 3 aromatic rings. The molecule has 3 aromatic carbocycles. The number of ether oxygens (including phenoxy) is 3. The van der Waals surface area contributed by atoms with Gasteiger partial charge in [-0.15, -0.1) is 0 Å². The summed E-state index contributed by atoms with van der Waals surface area (Å²) < 4.78 is 17.3. The maximum absolute atomic E-state index is 11.6. The molecule has 0 radical (unpaired) electrons. The molecule has 1 heterocycles. The number of methoxy groups -OCH3 is 1. The fourth-order valence-electron chi connectivity index (χ4n) is 4.23. The monoisotopic (exact) mass is 504 g/mol. The SMILES string of the molecule is COc1cccc(COc2cc(OCc3cccc(C4=C5OOC5CC=C4)c3C)c(Cl)cc2C=O)c1. The molecule has 1 aliphatic heterocycles. The number of halogens is 1. The average molecular weight is 505 g/mol. The van der Waals surface area contributed by atoms with Crippen molar-refractivity contribution in [1.29, 1.82) is 0 Å². The van der Waals surface area contributed by atoms with Crippen LogP contribution in [0.15, 0.2) is 72.5 Å². The molecule has 5 rings (SSSR count). The Kier molecular flexibility index (Phi) is 6.98. The van der Waals surface area contributed by atoms with Gasteiger partial charge in [0.1, 0.15) is 30.5 Å². The van der Waals surface area contributed by atoms with Gasteiger partial charge < -0.3 is 19.1 Å². The molecule has 0 saturated carbocycles. The molecular formula is C29H25ClO6. The Morgan fingerprint density at radius 2 is 1.89 bits per heavy atom. The normalized spacial score (nSPS) is 16.0. The zero-order valence-corrected chi connectivity index (χ0v) is 20.7. The lowest BCUT2D eigenvalue weighted by atomic mass is 9.91. The summed E-state index contributed by atoms with van der Waals surface area (Å²) in [4.78, 5) is 22.1. The number of hydrogen-bond acceptors (Lipinski definition) is 6. The average Bonchev–Trinajstić information content (AvgIpc) is 2.88. The third kappa shape index (κ3) is 4.83. The van der Waals surface area contributed by atoms with Gasteiger partial charge >= 0.3 is 0 Å². The van der Waals surface area contributed by atoms with Crippen molar-refractivity contribution >= 4 is 23.5 Å². The highest BCUT2D eigenvalue weighted by Crippen LogP contribution is 2.39. The highest BCUT2D eigenvalue weighted by Gasteiger charge is 2.34. The standard InChI is InChI=1S/C29H25ClO6/c1-18-20(7-4-9-23(18)24-10-5-11-26-29(24)36-35-26)17-34-28-14-27(21(15-31)13-25(28)30)33-16-19-6-3-8-22(12-19)32-2/h3-10,12-15,26H,11,16-17H2,1-2H3. The van der Waals surface area contributed by atoms with Gasteiger partial charge in [0, 0.05) is 18.1 Å². The van der Waals surface area contributed by atoms with Crippen molar-refractivity contribution in [2.45, 2.75) is 32.7 Å². The third-order valence-corrected chi connectivity index (χ3v) is 6.58. The first-order chi connectivity index (χ1) is 17.6. The smallest absolute Gasteiger partial charge is 0.183 e. The van der Waals surface area contributed by atoms with Gasteiger partial charge in [-0.25, -0.2) is 0 Å². The van der Waals surface area contributed by atoms with Crippen LogP contribution >= 0.6 is 11.6 Å². The van der Waals surface area contributed by atoms with Gasteiger partial charge in [0.15, 0.2) is 18.1 Å². The Labute approximate surface area is 214 Å². The molecule has 0 spiro atoms. The predicted octanol–water partition coefficient (Wildman–Crippen LogP) is 6.63. The Morgan fingerprint density at radius 3 is 2.67 bits per heavy atom. The number of aldehydes is 1. The summed E-state index contributed by atoms with van der Waals surface area (Å²) in [6, 6.07) is 16.8. The summed E-state index contributed by atoms with van der Waals surface area (Å²) in [5.41, 5.74) is 5.44. The van der Waals surface area contributed by atoms with Crippen molar-refractivity contribution in [1.82, 2.24) is 0 Å². The summed E-state index contributed by atoms with van der Waals surface area (Å²) in [7, 11) is 1.61. The summed E-state index contributed by atoms with van der Waals surface area (Å²) in [5.74, 6) is 2.42. The van der Waals surface area contributed by atoms with E-state index in [4.69, 9.17) is 35.6 Å². The fourth-order valence-corrected chi connectivity index (χ4v) is 4.46.